The van der Waals surface area contributed by atoms with Gasteiger partial charge in [-0.3, -0.25) is 9.59 Å². The summed E-state index contributed by atoms with van der Waals surface area (Å²) >= 11 is 0. The van der Waals surface area contributed by atoms with Crippen LogP contribution < -0.4 is 10.9 Å². The lowest BCUT2D eigenvalue weighted by atomic mass is 10.1. The molecule has 0 radical (unpaired) electrons. The zero-order valence-corrected chi connectivity index (χ0v) is 10.1. The third kappa shape index (κ3) is 2.74. The summed E-state index contributed by atoms with van der Waals surface area (Å²) < 4.78 is 0. The van der Waals surface area contributed by atoms with Gasteiger partial charge in [-0.25, -0.2) is 0 Å². The molecule has 2 N–H and O–H groups in total. The molecule has 2 heterocycles. The number of nitrogens with zero attached hydrogens (tertiary/aromatic N) is 1. The molecule has 1 aromatic rings. The average molecular weight is 235 g/mol. The monoisotopic (exact) mass is 235 g/mol. The van der Waals surface area contributed by atoms with Crippen LogP contribution in [0.1, 0.15) is 24.2 Å². The van der Waals surface area contributed by atoms with Gasteiger partial charge in [-0.15, -0.1) is 0 Å². The summed E-state index contributed by atoms with van der Waals surface area (Å²) in [6.45, 7) is 5.45. The van der Waals surface area contributed by atoms with Gasteiger partial charge in [0.2, 0.25) is 5.56 Å². The van der Waals surface area contributed by atoms with Gasteiger partial charge in [-0.05, 0) is 19.9 Å². The molecule has 17 heavy (non-hydrogen) atoms. The van der Waals surface area contributed by atoms with Gasteiger partial charge >= 0.3 is 0 Å². The minimum atomic E-state index is -0.243. The Morgan fingerprint density at radius 3 is 2.59 bits per heavy atom. The smallest absolute Gasteiger partial charge is 0.254 e. The summed E-state index contributed by atoms with van der Waals surface area (Å²) in [5.41, 5.74) is 0.210. The number of rotatable bonds is 1. The number of nitrogens with one attached hydrogen (secondary N) is 2. The van der Waals surface area contributed by atoms with Gasteiger partial charge in [0.15, 0.2) is 0 Å². The summed E-state index contributed by atoms with van der Waals surface area (Å²) in [7, 11) is 0. The van der Waals surface area contributed by atoms with Crippen LogP contribution in [0, 0.1) is 0 Å². The summed E-state index contributed by atoms with van der Waals surface area (Å²) in [5, 5.41) is 3.37. The fourth-order valence-electron chi connectivity index (χ4n) is 2.25. The Balaban J connectivity index is 2.17. The highest BCUT2D eigenvalue weighted by Gasteiger charge is 2.25. The third-order valence-corrected chi connectivity index (χ3v) is 2.87. The van der Waals surface area contributed by atoms with Crippen molar-refractivity contribution >= 4 is 5.91 Å². The first-order chi connectivity index (χ1) is 8.06. The molecule has 2 atom stereocenters. The predicted molar refractivity (Wildman–Crippen MR) is 65.0 cm³/mol. The molecule has 1 aliphatic rings. The van der Waals surface area contributed by atoms with Crippen LogP contribution in [0.4, 0.5) is 0 Å². The van der Waals surface area contributed by atoms with Crippen molar-refractivity contribution in [2.45, 2.75) is 25.9 Å². The minimum absolute atomic E-state index is 0.0729. The van der Waals surface area contributed by atoms with Crippen molar-refractivity contribution in [1.29, 1.82) is 0 Å². The van der Waals surface area contributed by atoms with E-state index in [4.69, 9.17) is 0 Å². The largest absolute Gasteiger partial charge is 0.336 e. The Kier molecular flexibility index (Phi) is 3.28. The van der Waals surface area contributed by atoms with Gasteiger partial charge < -0.3 is 15.2 Å². The lowest BCUT2D eigenvalue weighted by molar-refractivity contribution is 0.0673. The molecular formula is C12H17N3O2. The van der Waals surface area contributed by atoms with E-state index in [-0.39, 0.29) is 23.6 Å². The molecule has 5 nitrogen and oxygen atoms in total. The van der Waals surface area contributed by atoms with E-state index in [1.165, 1.54) is 12.3 Å². The second-order valence-electron chi connectivity index (χ2n) is 4.62. The summed E-state index contributed by atoms with van der Waals surface area (Å²) in [4.78, 5) is 27.7. The maximum atomic E-state index is 12.2. The predicted octanol–water partition coefficient (Wildman–Crippen LogP) is 0.197. The van der Waals surface area contributed by atoms with Crippen LogP contribution in [0.2, 0.25) is 0 Å². The van der Waals surface area contributed by atoms with E-state index in [2.05, 4.69) is 10.3 Å². The van der Waals surface area contributed by atoms with E-state index in [1.54, 1.807) is 11.0 Å². The lowest BCUT2D eigenvalue weighted by Crippen LogP contribution is -2.55. The first kappa shape index (κ1) is 11.9. The average Bonchev–Trinajstić information content (AvgIpc) is 2.26. The third-order valence-electron chi connectivity index (χ3n) is 2.87. The number of piperazine rings is 1. The Morgan fingerprint density at radius 1 is 1.35 bits per heavy atom. The molecule has 1 aliphatic heterocycles. The first-order valence-corrected chi connectivity index (χ1v) is 5.80. The summed E-state index contributed by atoms with van der Waals surface area (Å²) in [6.07, 6.45) is 1.50. The molecule has 0 spiro atoms. The molecule has 2 rings (SSSR count). The van der Waals surface area contributed by atoms with Gasteiger partial charge in [-0.1, -0.05) is 0 Å². The lowest BCUT2D eigenvalue weighted by Gasteiger charge is -2.36. The van der Waals surface area contributed by atoms with E-state index >= 15 is 0 Å². The molecule has 1 saturated heterocycles. The van der Waals surface area contributed by atoms with Crippen molar-refractivity contribution < 1.29 is 4.79 Å². The van der Waals surface area contributed by atoms with E-state index in [9.17, 15) is 9.59 Å². The molecule has 0 aromatic carbocycles. The number of H-pyrrole nitrogens is 1. The fraction of sp³-hybridized carbons (Fsp3) is 0.500. The fourth-order valence-corrected chi connectivity index (χ4v) is 2.25. The van der Waals surface area contributed by atoms with Crippen molar-refractivity contribution in [3.63, 3.8) is 0 Å². The maximum absolute atomic E-state index is 12.2. The number of carbonyl (C=O) groups is 1. The van der Waals surface area contributed by atoms with Crippen molar-refractivity contribution in [1.82, 2.24) is 15.2 Å². The van der Waals surface area contributed by atoms with Gasteiger partial charge in [0.1, 0.15) is 0 Å². The van der Waals surface area contributed by atoms with E-state index < -0.39 is 0 Å². The number of aromatic nitrogens is 1. The normalized spacial score (nSPS) is 24.7. The Bertz CT molecular complexity index is 459. The standard InChI is InChI=1S/C12H17N3O2/c1-8-6-15(7-9(2)14-8)12(17)10-3-4-13-11(16)5-10/h3-5,8-9,14H,6-7H2,1-2H3,(H,13,16)/t8-,9-/m0/s1. The quantitative estimate of drug-likeness (QED) is 0.730. The highest BCUT2D eigenvalue weighted by Crippen LogP contribution is 2.08. The number of carbonyl (C=O) groups excluding carboxylic acids is 1. The molecule has 0 bridgehead atoms. The molecule has 1 aromatic heterocycles. The van der Waals surface area contributed by atoms with Crippen molar-refractivity contribution in [3.8, 4) is 0 Å². The molecule has 1 amide bonds. The number of aromatic amines is 1. The molecule has 0 unspecified atom stereocenters. The second-order valence-corrected chi connectivity index (χ2v) is 4.62. The van der Waals surface area contributed by atoms with Crippen LogP contribution in [-0.4, -0.2) is 41.0 Å². The summed E-state index contributed by atoms with van der Waals surface area (Å²) in [5.74, 6) is -0.0729. The Hall–Kier alpha value is -1.62. The van der Waals surface area contributed by atoms with Crippen LogP contribution in [0.3, 0.4) is 0 Å². The highest BCUT2D eigenvalue weighted by atomic mass is 16.2. The van der Waals surface area contributed by atoms with Crippen LogP contribution in [0.25, 0.3) is 0 Å². The molecule has 0 aliphatic carbocycles. The molecule has 92 valence electrons. The van der Waals surface area contributed by atoms with E-state index in [0.29, 0.717) is 18.7 Å². The zero-order valence-electron chi connectivity index (χ0n) is 10.1. The Morgan fingerprint density at radius 2 is 2.00 bits per heavy atom. The van der Waals surface area contributed by atoms with E-state index in [0.717, 1.165) is 0 Å². The van der Waals surface area contributed by atoms with Crippen molar-refractivity contribution in [2.24, 2.45) is 0 Å². The van der Waals surface area contributed by atoms with Gasteiger partial charge in [0.05, 0.1) is 0 Å². The van der Waals surface area contributed by atoms with Crippen LogP contribution in [0.15, 0.2) is 23.1 Å². The SMILES string of the molecule is C[C@H]1CN(C(=O)c2cc[nH]c(=O)c2)C[C@H](C)N1. The molecule has 1 fully saturated rings. The van der Waals surface area contributed by atoms with Crippen LogP contribution in [0.5, 0.6) is 0 Å². The number of hydrogen-bond donors (Lipinski definition) is 2. The van der Waals surface area contributed by atoms with E-state index in [1.807, 2.05) is 13.8 Å². The second kappa shape index (κ2) is 4.71. The highest BCUT2D eigenvalue weighted by molar-refractivity contribution is 5.94. The van der Waals surface area contributed by atoms with Crippen molar-refractivity contribution in [2.75, 3.05) is 13.1 Å². The number of hydrogen-bond acceptors (Lipinski definition) is 3. The molecule has 5 heteroatoms. The van der Waals surface area contributed by atoms with Crippen LogP contribution in [-0.2, 0) is 0 Å². The van der Waals surface area contributed by atoms with Crippen molar-refractivity contribution in [3.05, 3.63) is 34.2 Å². The topological polar surface area (TPSA) is 65.2 Å². The molecular weight excluding hydrogens is 218 g/mol. The molecule has 0 saturated carbocycles. The van der Waals surface area contributed by atoms with Gasteiger partial charge in [0.25, 0.3) is 5.91 Å². The Labute approximate surface area is 99.8 Å². The summed E-state index contributed by atoms with van der Waals surface area (Å²) in [6, 6.07) is 3.55. The zero-order chi connectivity index (χ0) is 12.4. The van der Waals surface area contributed by atoms with Gasteiger partial charge in [0, 0.05) is 43.0 Å². The van der Waals surface area contributed by atoms with Gasteiger partial charge in [-0.2, -0.15) is 0 Å². The first-order valence-electron chi connectivity index (χ1n) is 5.80. The minimum Gasteiger partial charge on any atom is -0.336 e. The number of pyridine rings is 1. The maximum Gasteiger partial charge on any atom is 0.254 e. The number of amides is 1. The van der Waals surface area contributed by atoms with Crippen LogP contribution >= 0.6 is 0 Å².